The van der Waals surface area contributed by atoms with Crippen LogP contribution in [0.3, 0.4) is 0 Å². The molecular weight excluding hydrogens is 198 g/mol. The molecule has 1 aliphatic carbocycles. The van der Waals surface area contributed by atoms with Gasteiger partial charge in [-0.1, -0.05) is 29.8 Å². The van der Waals surface area contributed by atoms with Gasteiger partial charge in [-0.15, -0.1) is 0 Å². The van der Waals surface area contributed by atoms with Crippen molar-refractivity contribution in [3.63, 3.8) is 0 Å². The summed E-state index contributed by atoms with van der Waals surface area (Å²) in [5, 5.41) is 10.7. The molecule has 3 rings (SSSR count). The van der Waals surface area contributed by atoms with Crippen LogP contribution >= 0.6 is 0 Å². The van der Waals surface area contributed by atoms with Gasteiger partial charge in [0.25, 0.3) is 0 Å². The molecule has 1 saturated carbocycles. The third kappa shape index (κ3) is 1.33. The first-order valence-electron chi connectivity index (χ1n) is 6.07. The molecule has 1 saturated heterocycles. The maximum atomic E-state index is 10.7. The van der Waals surface area contributed by atoms with Crippen molar-refractivity contribution in [2.45, 2.75) is 24.9 Å². The van der Waals surface area contributed by atoms with Gasteiger partial charge in [0.05, 0.1) is 5.60 Å². The highest BCUT2D eigenvalue weighted by Crippen LogP contribution is 2.54. The van der Waals surface area contributed by atoms with Gasteiger partial charge in [0.1, 0.15) is 0 Å². The number of hydrogen-bond donors (Lipinski definition) is 1. The lowest BCUT2D eigenvalue weighted by atomic mass is 9.60. The molecule has 2 aliphatic rings. The minimum Gasteiger partial charge on any atom is -0.388 e. The quantitative estimate of drug-likeness (QED) is 0.775. The van der Waals surface area contributed by atoms with Crippen molar-refractivity contribution in [2.24, 2.45) is 5.92 Å². The molecule has 1 aromatic carbocycles. The zero-order chi connectivity index (χ0) is 11.3. The van der Waals surface area contributed by atoms with E-state index in [9.17, 15) is 5.11 Å². The topological polar surface area (TPSA) is 23.5 Å². The number of aryl methyl sites for hydroxylation is 1. The van der Waals surface area contributed by atoms with Crippen molar-refractivity contribution in [1.29, 1.82) is 0 Å². The van der Waals surface area contributed by atoms with Gasteiger partial charge in [-0.3, -0.25) is 0 Å². The fourth-order valence-electron chi connectivity index (χ4n) is 3.47. The zero-order valence-electron chi connectivity index (χ0n) is 9.98. The summed E-state index contributed by atoms with van der Waals surface area (Å²) in [7, 11) is 2.10. The summed E-state index contributed by atoms with van der Waals surface area (Å²) in [5.74, 6) is 0.838. The molecule has 0 aromatic heterocycles. The first-order valence-corrected chi connectivity index (χ1v) is 6.07. The molecule has 0 radical (unpaired) electrons. The fourth-order valence-corrected chi connectivity index (χ4v) is 3.47. The second-order valence-electron chi connectivity index (χ2n) is 5.59. The second kappa shape index (κ2) is 3.31. The molecule has 0 bridgehead atoms. The molecule has 2 nitrogen and oxygen atoms in total. The summed E-state index contributed by atoms with van der Waals surface area (Å²) in [5.41, 5.74) is 2.15. The summed E-state index contributed by atoms with van der Waals surface area (Å²) < 4.78 is 0. The summed E-state index contributed by atoms with van der Waals surface area (Å²) in [6.07, 6.45) is 1.14. The molecular formula is C14H19NO. The van der Waals surface area contributed by atoms with E-state index < -0.39 is 5.60 Å². The summed E-state index contributed by atoms with van der Waals surface area (Å²) in [6, 6.07) is 8.59. The monoisotopic (exact) mass is 217 g/mol. The molecule has 1 N–H and O–H groups in total. The Labute approximate surface area is 96.9 Å². The van der Waals surface area contributed by atoms with Gasteiger partial charge in [0.15, 0.2) is 0 Å². The van der Waals surface area contributed by atoms with Gasteiger partial charge in [0, 0.05) is 24.9 Å². The average Bonchev–Trinajstić information content (AvgIpc) is 2.43. The number of hydrogen-bond acceptors (Lipinski definition) is 2. The van der Waals surface area contributed by atoms with E-state index in [1.807, 2.05) is 0 Å². The van der Waals surface area contributed by atoms with E-state index in [2.05, 4.69) is 43.1 Å². The number of aliphatic hydroxyl groups is 1. The van der Waals surface area contributed by atoms with Crippen LogP contribution in [0.1, 0.15) is 23.5 Å². The number of rotatable bonds is 1. The highest BCUT2D eigenvalue weighted by Gasteiger charge is 2.58. The smallest absolute Gasteiger partial charge is 0.0882 e. The lowest BCUT2D eigenvalue weighted by Crippen LogP contribution is -2.53. The summed E-state index contributed by atoms with van der Waals surface area (Å²) in [6.45, 7) is 4.00. The molecule has 2 fully saturated rings. The highest BCUT2D eigenvalue weighted by atomic mass is 16.3. The normalized spacial score (nSPS) is 38.2. The fraction of sp³-hybridized carbons (Fsp3) is 0.571. The Morgan fingerprint density at radius 3 is 2.94 bits per heavy atom. The molecule has 0 amide bonds. The van der Waals surface area contributed by atoms with Crippen molar-refractivity contribution < 1.29 is 5.11 Å². The van der Waals surface area contributed by atoms with Gasteiger partial charge in [-0.05, 0) is 26.0 Å². The van der Waals surface area contributed by atoms with Crippen LogP contribution in [-0.2, 0) is 0 Å². The molecule has 3 unspecified atom stereocenters. The molecule has 86 valence electrons. The Kier molecular flexibility index (Phi) is 2.13. The average molecular weight is 217 g/mol. The van der Waals surface area contributed by atoms with Crippen molar-refractivity contribution in [3.05, 3.63) is 35.4 Å². The number of likely N-dealkylation sites (tertiary alicyclic amines) is 1. The Balaban J connectivity index is 1.88. The van der Waals surface area contributed by atoms with Crippen LogP contribution in [0.2, 0.25) is 0 Å². The second-order valence-corrected chi connectivity index (χ2v) is 5.59. The third-order valence-corrected chi connectivity index (χ3v) is 4.33. The summed E-state index contributed by atoms with van der Waals surface area (Å²) >= 11 is 0. The lowest BCUT2D eigenvalue weighted by Gasteiger charge is -2.48. The largest absolute Gasteiger partial charge is 0.388 e. The number of nitrogens with zero attached hydrogens (tertiary/aromatic N) is 1. The zero-order valence-corrected chi connectivity index (χ0v) is 9.98. The van der Waals surface area contributed by atoms with Gasteiger partial charge in [-0.25, -0.2) is 0 Å². The van der Waals surface area contributed by atoms with Crippen LogP contribution in [-0.4, -0.2) is 35.7 Å². The van der Waals surface area contributed by atoms with E-state index in [0.29, 0.717) is 11.8 Å². The number of benzene rings is 1. The first-order chi connectivity index (χ1) is 7.59. The van der Waals surface area contributed by atoms with Crippen LogP contribution in [0.25, 0.3) is 0 Å². The lowest BCUT2D eigenvalue weighted by molar-refractivity contribution is -0.0836. The maximum absolute atomic E-state index is 10.7. The predicted octanol–water partition coefficient (Wildman–Crippen LogP) is 1.78. The Morgan fingerprint density at radius 1 is 1.44 bits per heavy atom. The number of β-amino-alcohol motifs (C(OH)–C–C–N with tert-alkyl or cyclic N) is 1. The number of fused-ring (bicyclic) bond motifs is 1. The molecule has 16 heavy (non-hydrogen) atoms. The standard InChI is InChI=1S/C14H19NO/c1-10-4-3-5-11(6-10)13-7-12-8-15(2)9-14(12,13)16/h3-6,12-13,16H,7-9H2,1-2H3. The van der Waals surface area contributed by atoms with Crippen molar-refractivity contribution in [3.8, 4) is 0 Å². The van der Waals surface area contributed by atoms with E-state index in [4.69, 9.17) is 0 Å². The minimum atomic E-state index is -0.456. The van der Waals surface area contributed by atoms with Crippen molar-refractivity contribution >= 4 is 0 Å². The molecule has 1 aromatic rings. The van der Waals surface area contributed by atoms with Gasteiger partial charge in [0.2, 0.25) is 0 Å². The highest BCUT2D eigenvalue weighted by molar-refractivity contribution is 5.33. The molecule has 2 heteroatoms. The molecule has 3 atom stereocenters. The number of likely N-dealkylation sites (N-methyl/N-ethyl adjacent to an activating group) is 1. The first kappa shape index (κ1) is 10.3. The Bertz CT molecular complexity index is 417. The third-order valence-electron chi connectivity index (χ3n) is 4.33. The van der Waals surface area contributed by atoms with Crippen LogP contribution < -0.4 is 0 Å². The molecule has 1 aliphatic heterocycles. The van der Waals surface area contributed by atoms with Crippen LogP contribution in [0, 0.1) is 12.8 Å². The van der Waals surface area contributed by atoms with Gasteiger partial charge >= 0.3 is 0 Å². The minimum absolute atomic E-state index is 0.349. The molecule has 1 heterocycles. The Morgan fingerprint density at radius 2 is 2.25 bits per heavy atom. The van der Waals surface area contributed by atoms with Crippen LogP contribution in [0.15, 0.2) is 24.3 Å². The molecule has 0 spiro atoms. The maximum Gasteiger partial charge on any atom is 0.0882 e. The van der Waals surface area contributed by atoms with E-state index in [-0.39, 0.29) is 0 Å². The van der Waals surface area contributed by atoms with Crippen molar-refractivity contribution in [2.75, 3.05) is 20.1 Å². The Hall–Kier alpha value is -0.860. The van der Waals surface area contributed by atoms with Crippen LogP contribution in [0.5, 0.6) is 0 Å². The SMILES string of the molecule is Cc1cccc(C2CC3CN(C)CC32O)c1. The van der Waals surface area contributed by atoms with E-state index in [1.54, 1.807) is 0 Å². The predicted molar refractivity (Wildman–Crippen MR) is 64.5 cm³/mol. The van der Waals surface area contributed by atoms with E-state index >= 15 is 0 Å². The van der Waals surface area contributed by atoms with Gasteiger partial charge in [-0.2, -0.15) is 0 Å². The van der Waals surface area contributed by atoms with Gasteiger partial charge < -0.3 is 10.0 Å². The van der Waals surface area contributed by atoms with Crippen molar-refractivity contribution in [1.82, 2.24) is 4.90 Å². The van der Waals surface area contributed by atoms with E-state index in [0.717, 1.165) is 19.5 Å². The summed E-state index contributed by atoms with van der Waals surface area (Å²) in [4.78, 5) is 2.25. The van der Waals surface area contributed by atoms with Crippen LogP contribution in [0.4, 0.5) is 0 Å². The van der Waals surface area contributed by atoms with E-state index in [1.165, 1.54) is 11.1 Å².